The van der Waals surface area contributed by atoms with Gasteiger partial charge in [-0.2, -0.15) is 0 Å². The van der Waals surface area contributed by atoms with Crippen LogP contribution in [0.2, 0.25) is 0 Å². The van der Waals surface area contributed by atoms with E-state index in [4.69, 9.17) is 0 Å². The Morgan fingerprint density at radius 1 is 1.44 bits per heavy atom. The summed E-state index contributed by atoms with van der Waals surface area (Å²) in [4.78, 5) is 15.8. The zero-order valence-corrected chi connectivity index (χ0v) is 9.31. The monoisotopic (exact) mass is 214 g/mol. The maximum absolute atomic E-state index is 11.2. The van der Waals surface area contributed by atoms with Gasteiger partial charge in [-0.15, -0.1) is 0 Å². The lowest BCUT2D eigenvalue weighted by Crippen LogP contribution is -2.11. The fraction of sp³-hybridized carbons (Fsp3) is 0.385. The quantitative estimate of drug-likeness (QED) is 0.720. The molecule has 0 N–H and O–H groups in total. The minimum atomic E-state index is 0.500. The summed E-state index contributed by atoms with van der Waals surface area (Å²) in [6.45, 7) is 2.01. The zero-order valence-electron chi connectivity index (χ0n) is 9.31. The lowest BCUT2D eigenvalue weighted by atomic mass is 9.82. The Hall–Kier alpha value is -1.64. The molecule has 0 aliphatic heterocycles. The van der Waals surface area contributed by atoms with Crippen LogP contribution in [0.4, 0.5) is 0 Å². The van der Waals surface area contributed by atoms with Gasteiger partial charge in [0.05, 0.1) is 5.69 Å². The van der Waals surface area contributed by atoms with Crippen molar-refractivity contribution in [2.75, 3.05) is 0 Å². The number of imidazole rings is 1. The highest BCUT2D eigenvalue weighted by Crippen LogP contribution is 2.37. The second-order valence-corrected chi connectivity index (χ2v) is 4.49. The molecule has 0 amide bonds. The van der Waals surface area contributed by atoms with Crippen LogP contribution >= 0.6 is 0 Å². The van der Waals surface area contributed by atoms with Crippen LogP contribution in [-0.4, -0.2) is 15.7 Å². The average Bonchev–Trinajstić information content (AvgIpc) is 2.55. The van der Waals surface area contributed by atoms with Gasteiger partial charge in [0.1, 0.15) is 11.3 Å². The standard InChI is InChI=1S/C13H14N2O/c1-9-4-2-7-12-14-13(10-5-3-6-10)11(8-16)15(9)12/h2,4,7-8,10H,3,5-6H2,1H3. The highest BCUT2D eigenvalue weighted by atomic mass is 16.1. The molecule has 2 aromatic rings. The number of hydrogen-bond acceptors (Lipinski definition) is 2. The number of aromatic nitrogens is 2. The van der Waals surface area contributed by atoms with Gasteiger partial charge in [0.2, 0.25) is 0 Å². The molecule has 3 rings (SSSR count). The van der Waals surface area contributed by atoms with Gasteiger partial charge in [0.15, 0.2) is 6.29 Å². The summed E-state index contributed by atoms with van der Waals surface area (Å²) in [5.41, 5.74) is 3.70. The number of rotatable bonds is 2. The summed E-state index contributed by atoms with van der Waals surface area (Å²) >= 11 is 0. The van der Waals surface area contributed by atoms with E-state index in [0.717, 1.165) is 29.0 Å². The van der Waals surface area contributed by atoms with E-state index in [1.54, 1.807) is 0 Å². The number of carbonyl (C=O) groups excluding carboxylic acids is 1. The Labute approximate surface area is 94.1 Å². The van der Waals surface area contributed by atoms with Gasteiger partial charge >= 0.3 is 0 Å². The van der Waals surface area contributed by atoms with Crippen molar-refractivity contribution in [3.05, 3.63) is 35.3 Å². The molecule has 0 atom stereocenters. The van der Waals surface area contributed by atoms with Crippen LogP contribution in [0.25, 0.3) is 5.65 Å². The molecule has 0 bridgehead atoms. The predicted molar refractivity (Wildman–Crippen MR) is 61.9 cm³/mol. The van der Waals surface area contributed by atoms with E-state index in [-0.39, 0.29) is 0 Å². The van der Waals surface area contributed by atoms with Crippen molar-refractivity contribution in [2.24, 2.45) is 0 Å². The Morgan fingerprint density at radius 2 is 2.25 bits per heavy atom. The van der Waals surface area contributed by atoms with Gasteiger partial charge in [-0.05, 0) is 31.9 Å². The normalized spacial score (nSPS) is 16.3. The van der Waals surface area contributed by atoms with Gasteiger partial charge in [0, 0.05) is 11.6 Å². The van der Waals surface area contributed by atoms with E-state index in [1.165, 1.54) is 19.3 Å². The summed E-state index contributed by atoms with van der Waals surface area (Å²) in [6, 6.07) is 5.95. The van der Waals surface area contributed by atoms with Crippen LogP contribution < -0.4 is 0 Å². The largest absolute Gasteiger partial charge is 0.296 e. The van der Waals surface area contributed by atoms with Crippen molar-refractivity contribution in [3.63, 3.8) is 0 Å². The Morgan fingerprint density at radius 3 is 2.88 bits per heavy atom. The van der Waals surface area contributed by atoms with E-state index in [1.807, 2.05) is 29.5 Å². The number of aryl methyl sites for hydroxylation is 1. The summed E-state index contributed by atoms with van der Waals surface area (Å²) in [5, 5.41) is 0. The summed E-state index contributed by atoms with van der Waals surface area (Å²) in [7, 11) is 0. The molecule has 0 saturated heterocycles. The third-order valence-electron chi connectivity index (χ3n) is 3.51. The molecule has 0 spiro atoms. The second kappa shape index (κ2) is 3.44. The Balaban J connectivity index is 2.28. The molecule has 0 unspecified atom stereocenters. The Kier molecular flexibility index (Phi) is 2.06. The first-order chi connectivity index (χ1) is 7.81. The molecule has 3 nitrogen and oxygen atoms in total. The Bertz CT molecular complexity index is 552. The van der Waals surface area contributed by atoms with Crippen LogP contribution in [-0.2, 0) is 0 Å². The second-order valence-electron chi connectivity index (χ2n) is 4.49. The molecule has 1 aliphatic carbocycles. The van der Waals surface area contributed by atoms with Gasteiger partial charge < -0.3 is 0 Å². The first kappa shape index (κ1) is 9.58. The number of pyridine rings is 1. The van der Waals surface area contributed by atoms with Gasteiger partial charge in [0.25, 0.3) is 0 Å². The molecule has 1 fully saturated rings. The van der Waals surface area contributed by atoms with Gasteiger partial charge in [-0.25, -0.2) is 4.98 Å². The number of carbonyl (C=O) groups is 1. The highest BCUT2D eigenvalue weighted by Gasteiger charge is 2.26. The third kappa shape index (κ3) is 1.21. The first-order valence-corrected chi connectivity index (χ1v) is 5.74. The van der Waals surface area contributed by atoms with Crippen LogP contribution in [0.1, 0.15) is 47.1 Å². The SMILES string of the molecule is Cc1cccc2nc(C3CCC3)c(C=O)n12. The molecule has 1 aliphatic rings. The molecule has 82 valence electrons. The highest BCUT2D eigenvalue weighted by molar-refractivity contribution is 5.77. The fourth-order valence-electron chi connectivity index (χ4n) is 2.39. The van der Waals surface area contributed by atoms with Crippen LogP contribution in [0.15, 0.2) is 18.2 Å². The summed E-state index contributed by atoms with van der Waals surface area (Å²) in [6.07, 6.45) is 4.55. The number of aldehydes is 1. The maximum Gasteiger partial charge on any atom is 0.168 e. The molecule has 16 heavy (non-hydrogen) atoms. The number of nitrogens with zero attached hydrogens (tertiary/aromatic N) is 2. The van der Waals surface area contributed by atoms with E-state index in [2.05, 4.69) is 4.98 Å². The fourth-order valence-corrected chi connectivity index (χ4v) is 2.39. The average molecular weight is 214 g/mol. The van der Waals surface area contributed by atoms with Crippen molar-refractivity contribution < 1.29 is 4.79 Å². The molecule has 3 heteroatoms. The van der Waals surface area contributed by atoms with Crippen molar-refractivity contribution in [1.82, 2.24) is 9.38 Å². The van der Waals surface area contributed by atoms with Gasteiger partial charge in [-0.3, -0.25) is 9.20 Å². The summed E-state index contributed by atoms with van der Waals surface area (Å²) in [5.74, 6) is 0.500. The smallest absolute Gasteiger partial charge is 0.168 e. The number of hydrogen-bond donors (Lipinski definition) is 0. The molecule has 1 saturated carbocycles. The predicted octanol–water partition coefficient (Wildman–Crippen LogP) is 2.72. The van der Waals surface area contributed by atoms with Gasteiger partial charge in [-0.1, -0.05) is 12.5 Å². The third-order valence-corrected chi connectivity index (χ3v) is 3.51. The molecule has 2 heterocycles. The minimum absolute atomic E-state index is 0.500. The van der Waals surface area contributed by atoms with E-state index < -0.39 is 0 Å². The first-order valence-electron chi connectivity index (χ1n) is 5.74. The molecule has 0 aromatic carbocycles. The lowest BCUT2D eigenvalue weighted by molar-refractivity contribution is 0.111. The van der Waals surface area contributed by atoms with Crippen molar-refractivity contribution in [3.8, 4) is 0 Å². The zero-order chi connectivity index (χ0) is 11.1. The maximum atomic E-state index is 11.2. The molecule has 2 aromatic heterocycles. The number of fused-ring (bicyclic) bond motifs is 1. The van der Waals surface area contributed by atoms with Crippen LogP contribution in [0.3, 0.4) is 0 Å². The lowest BCUT2D eigenvalue weighted by Gasteiger charge is -2.23. The molecular weight excluding hydrogens is 200 g/mol. The van der Waals surface area contributed by atoms with Crippen molar-refractivity contribution in [2.45, 2.75) is 32.1 Å². The summed E-state index contributed by atoms with van der Waals surface area (Å²) < 4.78 is 1.96. The van der Waals surface area contributed by atoms with E-state index in [0.29, 0.717) is 5.92 Å². The van der Waals surface area contributed by atoms with Crippen molar-refractivity contribution >= 4 is 11.9 Å². The molecular formula is C13H14N2O. The topological polar surface area (TPSA) is 34.4 Å². The van der Waals surface area contributed by atoms with Crippen LogP contribution in [0.5, 0.6) is 0 Å². The minimum Gasteiger partial charge on any atom is -0.296 e. The van der Waals surface area contributed by atoms with Crippen LogP contribution in [0, 0.1) is 6.92 Å². The van der Waals surface area contributed by atoms with E-state index >= 15 is 0 Å². The van der Waals surface area contributed by atoms with Crippen molar-refractivity contribution in [1.29, 1.82) is 0 Å². The van der Waals surface area contributed by atoms with E-state index in [9.17, 15) is 4.79 Å². The molecule has 0 radical (unpaired) electrons.